The maximum Gasteiger partial charge on any atom is 0.125 e. The molecule has 0 fully saturated rings. The number of hydrogen-bond donors (Lipinski definition) is 0. The van der Waals surface area contributed by atoms with Gasteiger partial charge in [-0.1, -0.05) is 30.3 Å². The van der Waals surface area contributed by atoms with Crippen molar-refractivity contribution in [3.8, 4) is 0 Å². The molecule has 1 aromatic rings. The minimum Gasteiger partial charge on any atom is -0.207 e. The summed E-state index contributed by atoms with van der Waals surface area (Å²) in [5.74, 6) is -0.0138. The smallest absolute Gasteiger partial charge is 0.125 e. The average Bonchev–Trinajstić information content (AvgIpc) is 2.27. The fourth-order valence-electron chi connectivity index (χ4n) is 2.06. The van der Waals surface area contributed by atoms with Gasteiger partial charge >= 0.3 is 0 Å². The zero-order valence-electron chi connectivity index (χ0n) is 9.18. The fourth-order valence-corrected chi connectivity index (χ4v) is 2.06. The Morgan fingerprint density at radius 2 is 1.67 bits per heavy atom. The molecule has 1 aromatic carbocycles. The van der Waals surface area contributed by atoms with Crippen LogP contribution in [-0.4, -0.2) is 0 Å². The van der Waals surface area contributed by atoms with Crippen LogP contribution in [0.2, 0.25) is 0 Å². The van der Waals surface area contributed by atoms with Crippen LogP contribution in [0.1, 0.15) is 32.3 Å². The highest BCUT2D eigenvalue weighted by molar-refractivity contribution is 5.73. The molecule has 0 aliphatic heterocycles. The standard InChI is InChI=1S/C14H15F/c1-10-8-9-13(11(2)14(10)15)12-6-4-3-5-7-12/h3-7H,8-9H2,1-2H3. The zero-order valence-corrected chi connectivity index (χ0v) is 9.18. The molecule has 15 heavy (non-hydrogen) atoms. The lowest BCUT2D eigenvalue weighted by molar-refractivity contribution is 0.622. The van der Waals surface area contributed by atoms with Gasteiger partial charge in [0.25, 0.3) is 0 Å². The number of rotatable bonds is 1. The molecule has 0 aromatic heterocycles. The molecule has 0 saturated heterocycles. The monoisotopic (exact) mass is 202 g/mol. The number of allylic oxidation sites excluding steroid dienone is 4. The van der Waals surface area contributed by atoms with Gasteiger partial charge in [0.15, 0.2) is 0 Å². The summed E-state index contributed by atoms with van der Waals surface area (Å²) in [6, 6.07) is 10.1. The summed E-state index contributed by atoms with van der Waals surface area (Å²) in [5, 5.41) is 0. The van der Waals surface area contributed by atoms with Crippen molar-refractivity contribution in [3.63, 3.8) is 0 Å². The van der Waals surface area contributed by atoms with Crippen LogP contribution in [0, 0.1) is 0 Å². The molecule has 0 saturated carbocycles. The summed E-state index contributed by atoms with van der Waals surface area (Å²) in [5.41, 5.74) is 3.99. The molecular formula is C14H15F. The second-order valence-electron chi connectivity index (χ2n) is 4.06. The van der Waals surface area contributed by atoms with E-state index in [9.17, 15) is 4.39 Å². The predicted molar refractivity (Wildman–Crippen MR) is 62.1 cm³/mol. The Morgan fingerprint density at radius 1 is 1.00 bits per heavy atom. The molecule has 1 heteroatoms. The van der Waals surface area contributed by atoms with Crippen molar-refractivity contribution in [2.24, 2.45) is 0 Å². The second-order valence-corrected chi connectivity index (χ2v) is 4.06. The van der Waals surface area contributed by atoms with Gasteiger partial charge in [0, 0.05) is 0 Å². The van der Waals surface area contributed by atoms with Crippen LogP contribution in [0.4, 0.5) is 4.39 Å². The van der Waals surface area contributed by atoms with Crippen molar-refractivity contribution in [1.82, 2.24) is 0 Å². The number of halogens is 1. The molecule has 0 spiro atoms. The van der Waals surface area contributed by atoms with Gasteiger partial charge in [-0.3, -0.25) is 0 Å². The lowest BCUT2D eigenvalue weighted by Gasteiger charge is -2.18. The van der Waals surface area contributed by atoms with E-state index in [0.29, 0.717) is 0 Å². The van der Waals surface area contributed by atoms with Crippen molar-refractivity contribution in [2.75, 3.05) is 0 Å². The third-order valence-electron chi connectivity index (χ3n) is 3.03. The molecule has 0 N–H and O–H groups in total. The Kier molecular flexibility index (Phi) is 2.72. The molecule has 0 heterocycles. The Hall–Kier alpha value is -1.37. The highest BCUT2D eigenvalue weighted by atomic mass is 19.1. The summed E-state index contributed by atoms with van der Waals surface area (Å²) < 4.78 is 13.7. The minimum atomic E-state index is -0.0138. The van der Waals surface area contributed by atoms with E-state index in [0.717, 1.165) is 35.1 Å². The zero-order chi connectivity index (χ0) is 10.8. The second kappa shape index (κ2) is 4.01. The van der Waals surface area contributed by atoms with E-state index < -0.39 is 0 Å². The molecule has 0 radical (unpaired) electrons. The van der Waals surface area contributed by atoms with Crippen molar-refractivity contribution >= 4 is 5.57 Å². The van der Waals surface area contributed by atoms with E-state index in [-0.39, 0.29) is 5.83 Å². The molecule has 1 aliphatic carbocycles. The van der Waals surface area contributed by atoms with Gasteiger partial charge in [0.2, 0.25) is 0 Å². The normalized spacial score (nSPS) is 17.3. The molecular weight excluding hydrogens is 187 g/mol. The largest absolute Gasteiger partial charge is 0.207 e. The van der Waals surface area contributed by atoms with Crippen LogP contribution >= 0.6 is 0 Å². The van der Waals surface area contributed by atoms with Crippen LogP contribution in [0.15, 0.2) is 47.3 Å². The lowest BCUT2D eigenvalue weighted by Crippen LogP contribution is -1.99. The minimum absolute atomic E-state index is 0.0138. The van der Waals surface area contributed by atoms with Crippen LogP contribution in [-0.2, 0) is 0 Å². The van der Waals surface area contributed by atoms with E-state index in [1.807, 2.05) is 44.2 Å². The molecule has 0 nitrogen and oxygen atoms in total. The van der Waals surface area contributed by atoms with Crippen LogP contribution < -0.4 is 0 Å². The van der Waals surface area contributed by atoms with Gasteiger partial charge in [-0.15, -0.1) is 0 Å². The van der Waals surface area contributed by atoms with E-state index in [4.69, 9.17) is 0 Å². The van der Waals surface area contributed by atoms with Crippen molar-refractivity contribution in [2.45, 2.75) is 26.7 Å². The first-order valence-corrected chi connectivity index (χ1v) is 5.31. The third kappa shape index (κ3) is 1.87. The molecule has 0 atom stereocenters. The van der Waals surface area contributed by atoms with Crippen molar-refractivity contribution in [3.05, 3.63) is 52.9 Å². The van der Waals surface area contributed by atoms with Gasteiger partial charge < -0.3 is 0 Å². The first-order chi connectivity index (χ1) is 7.20. The average molecular weight is 202 g/mol. The third-order valence-corrected chi connectivity index (χ3v) is 3.03. The molecule has 0 unspecified atom stereocenters. The van der Waals surface area contributed by atoms with E-state index in [2.05, 4.69) is 0 Å². The maximum atomic E-state index is 13.7. The number of benzene rings is 1. The van der Waals surface area contributed by atoms with E-state index >= 15 is 0 Å². The Labute approximate surface area is 90.1 Å². The lowest BCUT2D eigenvalue weighted by atomic mass is 9.88. The van der Waals surface area contributed by atoms with Gasteiger partial charge in [-0.25, -0.2) is 4.39 Å². The van der Waals surface area contributed by atoms with Gasteiger partial charge in [-0.2, -0.15) is 0 Å². The molecule has 0 bridgehead atoms. The van der Waals surface area contributed by atoms with E-state index in [1.54, 1.807) is 0 Å². The van der Waals surface area contributed by atoms with Gasteiger partial charge in [0.1, 0.15) is 5.83 Å². The van der Waals surface area contributed by atoms with Crippen LogP contribution in [0.3, 0.4) is 0 Å². The number of hydrogen-bond acceptors (Lipinski definition) is 0. The summed E-state index contributed by atoms with van der Waals surface area (Å²) in [6.07, 6.45) is 1.79. The van der Waals surface area contributed by atoms with Gasteiger partial charge in [0.05, 0.1) is 0 Å². The van der Waals surface area contributed by atoms with Crippen molar-refractivity contribution in [1.29, 1.82) is 0 Å². The predicted octanol–water partition coefficient (Wildman–Crippen LogP) is 4.50. The van der Waals surface area contributed by atoms with Crippen molar-refractivity contribution < 1.29 is 4.39 Å². The molecule has 0 amide bonds. The summed E-state index contributed by atoms with van der Waals surface area (Å²) >= 11 is 0. The SMILES string of the molecule is CC1=C(F)C(C)=C(c2ccccc2)CC1. The molecule has 78 valence electrons. The first-order valence-electron chi connectivity index (χ1n) is 5.31. The Morgan fingerprint density at radius 3 is 2.33 bits per heavy atom. The highest BCUT2D eigenvalue weighted by Gasteiger charge is 2.16. The topological polar surface area (TPSA) is 0 Å². The summed E-state index contributed by atoms with van der Waals surface area (Å²) in [4.78, 5) is 0. The van der Waals surface area contributed by atoms with Crippen LogP contribution in [0.25, 0.3) is 5.57 Å². The quantitative estimate of drug-likeness (QED) is 0.629. The Balaban J connectivity index is 2.47. The maximum absolute atomic E-state index is 13.7. The van der Waals surface area contributed by atoms with Crippen LogP contribution in [0.5, 0.6) is 0 Å². The van der Waals surface area contributed by atoms with E-state index in [1.165, 1.54) is 0 Å². The highest BCUT2D eigenvalue weighted by Crippen LogP contribution is 2.35. The summed E-state index contributed by atoms with van der Waals surface area (Å²) in [6.45, 7) is 3.75. The summed E-state index contributed by atoms with van der Waals surface area (Å²) in [7, 11) is 0. The first kappa shape index (κ1) is 10.2. The molecule has 1 aliphatic rings. The fraction of sp³-hybridized carbons (Fsp3) is 0.286. The van der Waals surface area contributed by atoms with Gasteiger partial charge in [-0.05, 0) is 49.0 Å². The molecule has 2 rings (SSSR count). The Bertz CT molecular complexity index is 424.